The van der Waals surface area contributed by atoms with E-state index < -0.39 is 5.72 Å². The van der Waals surface area contributed by atoms with Crippen molar-refractivity contribution in [2.24, 2.45) is 17.8 Å². The number of carbonyl (C=O) groups excluding carboxylic acids is 2. The molecule has 174 valence electrons. The Labute approximate surface area is 190 Å². The van der Waals surface area contributed by atoms with Crippen LogP contribution in [0.15, 0.2) is 18.2 Å². The summed E-state index contributed by atoms with van der Waals surface area (Å²) < 4.78 is 11.8. The lowest BCUT2D eigenvalue weighted by atomic mass is 9.60. The Morgan fingerprint density at radius 2 is 2.03 bits per heavy atom. The molecule has 4 atom stereocenters. The van der Waals surface area contributed by atoms with Gasteiger partial charge in [0.05, 0.1) is 12.7 Å². The lowest BCUT2D eigenvalue weighted by Crippen LogP contribution is -2.67. The van der Waals surface area contributed by atoms with Gasteiger partial charge in [0, 0.05) is 49.5 Å². The number of hydrogen-bond acceptors (Lipinski definition) is 5. The van der Waals surface area contributed by atoms with Gasteiger partial charge in [-0.2, -0.15) is 0 Å². The Morgan fingerprint density at radius 3 is 2.69 bits per heavy atom. The maximum Gasteiger partial charge on any atom is 0.258 e. The highest BCUT2D eigenvalue weighted by Gasteiger charge is 2.57. The molecule has 1 saturated heterocycles. The van der Waals surface area contributed by atoms with Gasteiger partial charge in [-0.05, 0) is 64.0 Å². The summed E-state index contributed by atoms with van der Waals surface area (Å²) in [6.45, 7) is 6.55. The second-order valence-electron chi connectivity index (χ2n) is 10.3. The molecule has 1 aromatic carbocycles. The molecule has 7 nitrogen and oxygen atoms in total. The largest absolute Gasteiger partial charge is 0.497 e. The normalized spacial score (nSPS) is 32.4. The number of fused-ring (bicyclic) bond motifs is 3. The number of rotatable bonds is 4. The summed E-state index contributed by atoms with van der Waals surface area (Å²) in [5, 5.41) is 6.53. The maximum atomic E-state index is 13.2. The molecule has 4 fully saturated rings. The van der Waals surface area contributed by atoms with Crippen molar-refractivity contribution in [2.75, 3.05) is 20.2 Å². The van der Waals surface area contributed by atoms with Crippen molar-refractivity contribution in [1.29, 1.82) is 0 Å². The number of benzene rings is 1. The molecule has 0 unspecified atom stereocenters. The van der Waals surface area contributed by atoms with E-state index in [2.05, 4.69) is 29.4 Å². The quantitative estimate of drug-likeness (QED) is 0.751. The third-order valence-corrected chi connectivity index (χ3v) is 8.21. The van der Waals surface area contributed by atoms with Crippen LogP contribution in [0.1, 0.15) is 62.7 Å². The summed E-state index contributed by atoms with van der Waals surface area (Å²) in [5.74, 6) is 1.72. The predicted octanol–water partition coefficient (Wildman–Crippen LogP) is 2.94. The summed E-state index contributed by atoms with van der Waals surface area (Å²) >= 11 is 0. The van der Waals surface area contributed by atoms with Crippen LogP contribution in [-0.2, 0) is 4.79 Å². The first-order valence-corrected chi connectivity index (χ1v) is 12.1. The Balaban J connectivity index is 1.26. The number of ether oxygens (including phenoxy) is 2. The molecule has 2 amide bonds. The van der Waals surface area contributed by atoms with Crippen LogP contribution in [0.2, 0.25) is 0 Å². The van der Waals surface area contributed by atoms with Gasteiger partial charge in [0.15, 0.2) is 5.72 Å². The van der Waals surface area contributed by atoms with E-state index in [0.29, 0.717) is 29.5 Å². The van der Waals surface area contributed by atoms with E-state index in [4.69, 9.17) is 9.47 Å². The number of nitrogens with one attached hydrogen (secondary N) is 2. The Hall–Kier alpha value is -2.28. The molecule has 5 aliphatic rings. The van der Waals surface area contributed by atoms with Crippen molar-refractivity contribution >= 4 is 11.8 Å². The van der Waals surface area contributed by atoms with Crippen LogP contribution in [-0.4, -0.2) is 54.7 Å². The molecule has 7 heteroatoms. The third-order valence-electron chi connectivity index (χ3n) is 8.21. The van der Waals surface area contributed by atoms with Gasteiger partial charge in [-0.3, -0.25) is 9.59 Å². The summed E-state index contributed by atoms with van der Waals surface area (Å²) in [6.07, 6.45) is 5.48. The van der Waals surface area contributed by atoms with Crippen LogP contribution in [0, 0.1) is 17.8 Å². The van der Waals surface area contributed by atoms with E-state index in [-0.39, 0.29) is 35.6 Å². The fraction of sp³-hybridized carbons (Fsp3) is 0.680. The van der Waals surface area contributed by atoms with E-state index in [1.54, 1.807) is 25.3 Å². The van der Waals surface area contributed by atoms with Gasteiger partial charge in [0.1, 0.15) is 11.5 Å². The molecule has 2 aliphatic heterocycles. The van der Waals surface area contributed by atoms with Crippen molar-refractivity contribution in [3.05, 3.63) is 23.8 Å². The number of methoxy groups -OCH3 is 1. The zero-order chi connectivity index (χ0) is 22.5. The highest BCUT2D eigenvalue weighted by atomic mass is 16.5. The number of likely N-dealkylation sites (tertiary alicyclic amines) is 1. The minimum atomic E-state index is -0.710. The maximum absolute atomic E-state index is 13.2. The zero-order valence-corrected chi connectivity index (χ0v) is 19.4. The van der Waals surface area contributed by atoms with Crippen LogP contribution in [0.3, 0.4) is 0 Å². The van der Waals surface area contributed by atoms with E-state index in [1.165, 1.54) is 0 Å². The standard InChI is InChI=1S/C25H35N3O4/c1-15(2)28-10-8-18(9-11-28)26-23(29)21-12-17-5-4-16(21)14-25(17)27-24(30)20-7-6-19(31-3)13-22(20)32-25/h6-7,13,15-18,21H,4-5,8-12,14H2,1-3H3,(H,26,29)(H,27,30)/t16-,17+,21-,25-/m1/s1. The molecule has 2 N–H and O–H groups in total. The fourth-order valence-corrected chi connectivity index (χ4v) is 6.31. The Bertz CT molecular complexity index is 895. The van der Waals surface area contributed by atoms with E-state index >= 15 is 0 Å². The fourth-order valence-electron chi connectivity index (χ4n) is 6.31. The van der Waals surface area contributed by atoms with Crippen molar-refractivity contribution in [3.8, 4) is 11.5 Å². The number of hydrogen-bond donors (Lipinski definition) is 2. The van der Waals surface area contributed by atoms with E-state index in [9.17, 15) is 9.59 Å². The number of carbonyl (C=O) groups is 2. The monoisotopic (exact) mass is 441 g/mol. The van der Waals surface area contributed by atoms with Gasteiger partial charge in [0.25, 0.3) is 5.91 Å². The van der Waals surface area contributed by atoms with Crippen LogP contribution < -0.4 is 20.1 Å². The molecule has 2 heterocycles. The minimum absolute atomic E-state index is 0.00899. The molecule has 0 radical (unpaired) electrons. The molecule has 3 aliphatic carbocycles. The van der Waals surface area contributed by atoms with Crippen molar-refractivity contribution in [2.45, 2.75) is 70.2 Å². The first-order valence-electron chi connectivity index (χ1n) is 12.1. The first kappa shape index (κ1) is 21.6. The summed E-state index contributed by atoms with van der Waals surface area (Å²) in [6, 6.07) is 6.16. The highest BCUT2D eigenvalue weighted by Crippen LogP contribution is 2.52. The second kappa shape index (κ2) is 8.25. The predicted molar refractivity (Wildman–Crippen MR) is 121 cm³/mol. The molecular formula is C25H35N3O4. The topological polar surface area (TPSA) is 79.9 Å². The second-order valence-corrected chi connectivity index (χ2v) is 10.3. The van der Waals surface area contributed by atoms with E-state index in [1.807, 2.05) is 0 Å². The minimum Gasteiger partial charge on any atom is -0.497 e. The average Bonchev–Trinajstić information content (AvgIpc) is 2.79. The smallest absolute Gasteiger partial charge is 0.258 e. The van der Waals surface area contributed by atoms with Crippen LogP contribution in [0.25, 0.3) is 0 Å². The number of nitrogens with zero attached hydrogens (tertiary/aromatic N) is 1. The summed E-state index contributed by atoms with van der Waals surface area (Å²) in [5.41, 5.74) is -0.168. The van der Waals surface area contributed by atoms with E-state index in [0.717, 1.165) is 45.2 Å². The van der Waals surface area contributed by atoms with Gasteiger partial charge >= 0.3 is 0 Å². The highest BCUT2D eigenvalue weighted by molar-refractivity contribution is 5.98. The van der Waals surface area contributed by atoms with Crippen molar-refractivity contribution in [3.63, 3.8) is 0 Å². The summed E-state index contributed by atoms with van der Waals surface area (Å²) in [4.78, 5) is 28.6. The average molecular weight is 442 g/mol. The number of amides is 2. The molecule has 6 rings (SSSR count). The molecule has 1 spiro atoms. The first-order chi connectivity index (χ1) is 15.4. The lowest BCUT2D eigenvalue weighted by Gasteiger charge is -2.55. The van der Waals surface area contributed by atoms with Crippen LogP contribution in [0.4, 0.5) is 0 Å². The van der Waals surface area contributed by atoms with Crippen LogP contribution in [0.5, 0.6) is 11.5 Å². The zero-order valence-electron chi connectivity index (χ0n) is 19.4. The van der Waals surface area contributed by atoms with Gasteiger partial charge in [-0.1, -0.05) is 0 Å². The Kier molecular flexibility index (Phi) is 5.56. The molecule has 1 aromatic rings. The SMILES string of the molecule is COc1ccc2c(c1)O[C@@]1(C[C@H]3CC[C@H]1C[C@H]3C(=O)NC1CCN(C(C)C)CC1)NC2=O. The van der Waals surface area contributed by atoms with Gasteiger partial charge in [-0.15, -0.1) is 0 Å². The van der Waals surface area contributed by atoms with Gasteiger partial charge in [-0.25, -0.2) is 0 Å². The number of piperidine rings is 1. The van der Waals surface area contributed by atoms with Crippen LogP contribution >= 0.6 is 0 Å². The lowest BCUT2D eigenvalue weighted by molar-refractivity contribution is -0.147. The molecule has 32 heavy (non-hydrogen) atoms. The summed E-state index contributed by atoms with van der Waals surface area (Å²) in [7, 11) is 1.61. The van der Waals surface area contributed by atoms with Crippen molar-refractivity contribution in [1.82, 2.24) is 15.5 Å². The Morgan fingerprint density at radius 1 is 1.25 bits per heavy atom. The van der Waals surface area contributed by atoms with Gasteiger partial charge < -0.3 is 25.0 Å². The molecule has 0 aromatic heterocycles. The van der Waals surface area contributed by atoms with Crippen molar-refractivity contribution < 1.29 is 19.1 Å². The molecule has 2 bridgehead atoms. The molecular weight excluding hydrogens is 406 g/mol. The third kappa shape index (κ3) is 3.74. The molecule has 3 saturated carbocycles. The van der Waals surface area contributed by atoms with Gasteiger partial charge in [0.2, 0.25) is 5.91 Å².